The molecule has 0 radical (unpaired) electrons. The van der Waals surface area contributed by atoms with Crippen LogP contribution in [0.1, 0.15) is 11.3 Å². The Morgan fingerprint density at radius 1 is 1.06 bits per heavy atom. The zero-order chi connectivity index (χ0) is 12.3. The zero-order valence-electron chi connectivity index (χ0n) is 9.50. The van der Waals surface area contributed by atoms with E-state index in [1.807, 2.05) is 30.3 Å². The molecule has 0 aliphatic carbocycles. The number of pyridine rings is 1. The highest BCUT2D eigenvalue weighted by Gasteiger charge is 2.07. The van der Waals surface area contributed by atoms with Crippen molar-refractivity contribution >= 4 is 9.84 Å². The monoisotopic (exact) mass is 247 g/mol. The molecule has 3 nitrogen and oxygen atoms in total. The maximum Gasteiger partial charge on any atom is 0.177 e. The third kappa shape index (κ3) is 3.14. The number of aromatic nitrogens is 1. The summed E-state index contributed by atoms with van der Waals surface area (Å²) in [7, 11) is -3.15. The van der Waals surface area contributed by atoms with Crippen molar-refractivity contribution in [2.75, 3.05) is 6.26 Å². The molecule has 17 heavy (non-hydrogen) atoms. The van der Waals surface area contributed by atoms with Crippen molar-refractivity contribution in [1.82, 2.24) is 4.98 Å². The molecule has 0 aliphatic rings. The zero-order valence-corrected chi connectivity index (χ0v) is 10.3. The standard InChI is InChI=1S/C13H13NO2S/c1-17(15,16)13-8-7-12(14-10-13)9-11-5-3-2-4-6-11/h2-8,10H,9H2,1H3. The van der Waals surface area contributed by atoms with Gasteiger partial charge in [-0.3, -0.25) is 4.98 Å². The van der Waals surface area contributed by atoms with Crippen LogP contribution >= 0.6 is 0 Å². The first-order valence-electron chi connectivity index (χ1n) is 5.24. The minimum Gasteiger partial charge on any atom is -0.260 e. The Balaban J connectivity index is 2.20. The third-order valence-corrected chi connectivity index (χ3v) is 3.55. The van der Waals surface area contributed by atoms with Crippen molar-refractivity contribution in [1.29, 1.82) is 0 Å². The fourth-order valence-corrected chi connectivity index (χ4v) is 2.10. The maximum absolute atomic E-state index is 11.3. The summed E-state index contributed by atoms with van der Waals surface area (Å²) >= 11 is 0. The Bertz CT molecular complexity index is 589. The van der Waals surface area contributed by atoms with Crippen LogP contribution in [0.5, 0.6) is 0 Å². The Labute approximate surface area is 101 Å². The van der Waals surface area contributed by atoms with E-state index in [1.54, 1.807) is 12.1 Å². The predicted octanol–water partition coefficient (Wildman–Crippen LogP) is 2.08. The van der Waals surface area contributed by atoms with Gasteiger partial charge in [0.2, 0.25) is 0 Å². The van der Waals surface area contributed by atoms with Crippen LogP contribution in [-0.4, -0.2) is 19.7 Å². The van der Waals surface area contributed by atoms with E-state index in [0.717, 1.165) is 11.3 Å². The summed E-state index contributed by atoms with van der Waals surface area (Å²) in [5.41, 5.74) is 2.02. The van der Waals surface area contributed by atoms with E-state index < -0.39 is 9.84 Å². The Kier molecular flexibility index (Phi) is 3.24. The lowest BCUT2D eigenvalue weighted by Crippen LogP contribution is -1.99. The van der Waals surface area contributed by atoms with Gasteiger partial charge < -0.3 is 0 Å². The largest absolute Gasteiger partial charge is 0.260 e. The molecular weight excluding hydrogens is 234 g/mol. The van der Waals surface area contributed by atoms with Crippen LogP contribution in [0, 0.1) is 0 Å². The number of rotatable bonds is 3. The molecule has 0 saturated carbocycles. The molecule has 2 rings (SSSR count). The lowest BCUT2D eigenvalue weighted by atomic mass is 10.1. The SMILES string of the molecule is CS(=O)(=O)c1ccc(Cc2ccccc2)nc1. The Hall–Kier alpha value is -1.68. The van der Waals surface area contributed by atoms with Gasteiger partial charge in [0.25, 0.3) is 0 Å². The number of benzene rings is 1. The molecule has 0 N–H and O–H groups in total. The summed E-state index contributed by atoms with van der Waals surface area (Å²) < 4.78 is 22.5. The summed E-state index contributed by atoms with van der Waals surface area (Å²) in [6, 6.07) is 13.3. The van der Waals surface area contributed by atoms with E-state index in [9.17, 15) is 8.42 Å². The highest BCUT2D eigenvalue weighted by Crippen LogP contribution is 2.10. The quantitative estimate of drug-likeness (QED) is 0.834. The van der Waals surface area contributed by atoms with Gasteiger partial charge in [0.15, 0.2) is 9.84 Å². The topological polar surface area (TPSA) is 47.0 Å². The molecule has 0 amide bonds. The summed E-state index contributed by atoms with van der Waals surface area (Å²) in [6.45, 7) is 0. The lowest BCUT2D eigenvalue weighted by Gasteiger charge is -2.02. The van der Waals surface area contributed by atoms with Crippen LogP contribution in [0.4, 0.5) is 0 Å². The summed E-state index contributed by atoms with van der Waals surface area (Å²) in [5, 5.41) is 0. The van der Waals surface area contributed by atoms with Gasteiger partial charge in [-0.1, -0.05) is 30.3 Å². The van der Waals surface area contributed by atoms with Gasteiger partial charge >= 0.3 is 0 Å². The van der Waals surface area contributed by atoms with Crippen molar-refractivity contribution in [2.24, 2.45) is 0 Å². The molecule has 2 aromatic rings. The molecule has 0 bridgehead atoms. The smallest absolute Gasteiger partial charge is 0.177 e. The third-order valence-electron chi connectivity index (χ3n) is 2.45. The fourth-order valence-electron chi connectivity index (χ4n) is 1.54. The summed E-state index contributed by atoms with van der Waals surface area (Å²) in [6.07, 6.45) is 3.30. The van der Waals surface area contributed by atoms with Gasteiger partial charge in [0.1, 0.15) is 0 Å². The van der Waals surface area contributed by atoms with Crippen LogP contribution in [0.2, 0.25) is 0 Å². The molecular formula is C13H13NO2S. The highest BCUT2D eigenvalue weighted by atomic mass is 32.2. The molecule has 0 fully saturated rings. The van der Waals surface area contributed by atoms with E-state index in [2.05, 4.69) is 4.98 Å². The predicted molar refractivity (Wildman–Crippen MR) is 66.6 cm³/mol. The molecule has 0 atom stereocenters. The van der Waals surface area contributed by atoms with Crippen molar-refractivity contribution in [3.8, 4) is 0 Å². The van der Waals surface area contributed by atoms with Gasteiger partial charge in [-0.2, -0.15) is 0 Å². The number of hydrogen-bond acceptors (Lipinski definition) is 3. The van der Waals surface area contributed by atoms with E-state index >= 15 is 0 Å². The molecule has 4 heteroatoms. The van der Waals surface area contributed by atoms with Crippen LogP contribution < -0.4 is 0 Å². The molecule has 1 aromatic heterocycles. The minimum absolute atomic E-state index is 0.259. The second-order valence-electron chi connectivity index (χ2n) is 3.92. The van der Waals surface area contributed by atoms with Gasteiger partial charge in [-0.25, -0.2) is 8.42 Å². The van der Waals surface area contributed by atoms with Crippen molar-refractivity contribution < 1.29 is 8.42 Å². The average Bonchev–Trinajstić information content (AvgIpc) is 2.30. The number of nitrogens with zero attached hydrogens (tertiary/aromatic N) is 1. The van der Waals surface area contributed by atoms with Gasteiger partial charge in [-0.15, -0.1) is 0 Å². The number of hydrogen-bond donors (Lipinski definition) is 0. The van der Waals surface area contributed by atoms with Crippen LogP contribution in [0.25, 0.3) is 0 Å². The summed E-state index contributed by atoms with van der Waals surface area (Å²) in [4.78, 5) is 4.42. The van der Waals surface area contributed by atoms with E-state index in [4.69, 9.17) is 0 Å². The molecule has 88 valence electrons. The second kappa shape index (κ2) is 4.67. The lowest BCUT2D eigenvalue weighted by molar-refractivity contribution is 0.601. The van der Waals surface area contributed by atoms with Crippen molar-refractivity contribution in [2.45, 2.75) is 11.3 Å². The van der Waals surface area contributed by atoms with Crippen LogP contribution in [-0.2, 0) is 16.3 Å². The Morgan fingerprint density at radius 2 is 1.76 bits per heavy atom. The van der Waals surface area contributed by atoms with Crippen molar-refractivity contribution in [3.63, 3.8) is 0 Å². The van der Waals surface area contributed by atoms with Gasteiger partial charge in [0, 0.05) is 24.6 Å². The second-order valence-corrected chi connectivity index (χ2v) is 5.94. The summed E-state index contributed by atoms with van der Waals surface area (Å²) in [5.74, 6) is 0. The first-order chi connectivity index (χ1) is 8.05. The van der Waals surface area contributed by atoms with Gasteiger partial charge in [-0.05, 0) is 17.7 Å². The minimum atomic E-state index is -3.15. The van der Waals surface area contributed by atoms with Crippen molar-refractivity contribution in [3.05, 3.63) is 59.9 Å². The molecule has 0 unspecified atom stereocenters. The molecule has 1 heterocycles. The van der Waals surface area contributed by atoms with Crippen LogP contribution in [0.15, 0.2) is 53.6 Å². The molecule has 0 spiro atoms. The number of sulfone groups is 1. The van der Waals surface area contributed by atoms with Gasteiger partial charge in [0.05, 0.1) is 4.90 Å². The first kappa shape index (κ1) is 11.8. The molecule has 0 saturated heterocycles. The fraction of sp³-hybridized carbons (Fsp3) is 0.154. The molecule has 1 aromatic carbocycles. The average molecular weight is 247 g/mol. The van der Waals surface area contributed by atoms with E-state index in [1.165, 1.54) is 12.5 Å². The van der Waals surface area contributed by atoms with Crippen LogP contribution in [0.3, 0.4) is 0 Å². The normalized spacial score (nSPS) is 11.4. The molecule has 0 aliphatic heterocycles. The van der Waals surface area contributed by atoms with E-state index in [0.29, 0.717) is 6.42 Å². The highest BCUT2D eigenvalue weighted by molar-refractivity contribution is 7.90. The Morgan fingerprint density at radius 3 is 2.29 bits per heavy atom. The maximum atomic E-state index is 11.3. The van der Waals surface area contributed by atoms with E-state index in [-0.39, 0.29) is 4.90 Å². The first-order valence-corrected chi connectivity index (χ1v) is 7.14.